The highest BCUT2D eigenvalue weighted by molar-refractivity contribution is 5.18. The highest BCUT2D eigenvalue weighted by Crippen LogP contribution is 2.20. The number of rotatable bonds is 4. The van der Waals surface area contributed by atoms with E-state index in [2.05, 4.69) is 57.3 Å². The van der Waals surface area contributed by atoms with E-state index < -0.39 is 0 Å². The summed E-state index contributed by atoms with van der Waals surface area (Å²) in [6.45, 7) is 10.6. The summed E-state index contributed by atoms with van der Waals surface area (Å²) in [4.78, 5) is 0. The lowest BCUT2D eigenvalue weighted by Gasteiger charge is -2.10. The Balaban J connectivity index is 0.000000791. The molecule has 1 aromatic carbocycles. The van der Waals surface area contributed by atoms with Gasteiger partial charge < -0.3 is 0 Å². The van der Waals surface area contributed by atoms with Crippen molar-refractivity contribution in [1.29, 1.82) is 0 Å². The molecule has 14 heavy (non-hydrogen) atoms. The highest BCUT2D eigenvalue weighted by atomic mass is 14.1. The SMILES string of the molecule is C=C.CCCCC(C)c1ccccc1. The van der Waals surface area contributed by atoms with Crippen molar-refractivity contribution in [3.63, 3.8) is 0 Å². The zero-order valence-corrected chi connectivity index (χ0v) is 9.50. The summed E-state index contributed by atoms with van der Waals surface area (Å²) < 4.78 is 0. The van der Waals surface area contributed by atoms with Crippen molar-refractivity contribution in [2.24, 2.45) is 0 Å². The second-order valence-electron chi connectivity index (χ2n) is 3.45. The molecular weight excluding hydrogens is 168 g/mol. The number of hydrogen-bond donors (Lipinski definition) is 0. The van der Waals surface area contributed by atoms with Gasteiger partial charge in [0.25, 0.3) is 0 Å². The Morgan fingerprint density at radius 1 is 1.14 bits per heavy atom. The van der Waals surface area contributed by atoms with Gasteiger partial charge in [0.2, 0.25) is 0 Å². The lowest BCUT2D eigenvalue weighted by molar-refractivity contribution is 0.624. The van der Waals surface area contributed by atoms with E-state index in [1.54, 1.807) is 0 Å². The van der Waals surface area contributed by atoms with Crippen LogP contribution in [-0.2, 0) is 0 Å². The quantitative estimate of drug-likeness (QED) is 0.599. The molecule has 0 saturated heterocycles. The third-order valence-corrected chi connectivity index (χ3v) is 2.36. The molecule has 0 nitrogen and oxygen atoms in total. The van der Waals surface area contributed by atoms with Gasteiger partial charge in [-0.2, -0.15) is 0 Å². The molecule has 0 aliphatic rings. The molecule has 78 valence electrons. The van der Waals surface area contributed by atoms with Crippen LogP contribution in [0.4, 0.5) is 0 Å². The summed E-state index contributed by atoms with van der Waals surface area (Å²) in [7, 11) is 0. The third-order valence-electron chi connectivity index (χ3n) is 2.36. The van der Waals surface area contributed by atoms with Crippen molar-refractivity contribution in [2.45, 2.75) is 39.0 Å². The zero-order chi connectivity index (χ0) is 10.8. The van der Waals surface area contributed by atoms with Crippen LogP contribution in [0.5, 0.6) is 0 Å². The standard InChI is InChI=1S/C12H18.C2H4/c1-3-4-8-11(2)12-9-6-5-7-10-12;1-2/h5-7,9-11H,3-4,8H2,1-2H3;1-2H2. The minimum atomic E-state index is 0.728. The maximum atomic E-state index is 3.00. The van der Waals surface area contributed by atoms with Gasteiger partial charge in [-0.05, 0) is 17.9 Å². The molecule has 0 amide bonds. The average Bonchev–Trinajstić information content (AvgIpc) is 2.30. The van der Waals surface area contributed by atoms with Crippen molar-refractivity contribution in [1.82, 2.24) is 0 Å². The van der Waals surface area contributed by atoms with Gasteiger partial charge >= 0.3 is 0 Å². The topological polar surface area (TPSA) is 0 Å². The molecule has 1 rings (SSSR count). The first-order valence-corrected chi connectivity index (χ1v) is 5.39. The molecule has 0 spiro atoms. The van der Waals surface area contributed by atoms with Crippen molar-refractivity contribution in [2.75, 3.05) is 0 Å². The van der Waals surface area contributed by atoms with E-state index in [1.807, 2.05) is 0 Å². The Kier molecular flexibility index (Phi) is 7.92. The van der Waals surface area contributed by atoms with Crippen molar-refractivity contribution in [3.05, 3.63) is 49.1 Å². The summed E-state index contributed by atoms with van der Waals surface area (Å²) in [5, 5.41) is 0. The van der Waals surface area contributed by atoms with Crippen LogP contribution in [0.3, 0.4) is 0 Å². The van der Waals surface area contributed by atoms with Gasteiger partial charge in [0.15, 0.2) is 0 Å². The summed E-state index contributed by atoms with van der Waals surface area (Å²) in [6, 6.07) is 10.8. The Labute approximate surface area is 88.7 Å². The van der Waals surface area contributed by atoms with Crippen molar-refractivity contribution < 1.29 is 0 Å². The van der Waals surface area contributed by atoms with Gasteiger partial charge in [-0.3, -0.25) is 0 Å². The Morgan fingerprint density at radius 2 is 1.71 bits per heavy atom. The van der Waals surface area contributed by atoms with Crippen molar-refractivity contribution in [3.8, 4) is 0 Å². The molecule has 0 aliphatic carbocycles. The van der Waals surface area contributed by atoms with Crippen LogP contribution < -0.4 is 0 Å². The van der Waals surface area contributed by atoms with Gasteiger partial charge in [-0.15, -0.1) is 13.2 Å². The monoisotopic (exact) mass is 190 g/mol. The van der Waals surface area contributed by atoms with E-state index in [9.17, 15) is 0 Å². The summed E-state index contributed by atoms with van der Waals surface area (Å²) in [5.41, 5.74) is 1.48. The van der Waals surface area contributed by atoms with Crippen LogP contribution in [0.1, 0.15) is 44.6 Å². The fourth-order valence-corrected chi connectivity index (χ4v) is 1.46. The van der Waals surface area contributed by atoms with Crippen LogP contribution in [0.15, 0.2) is 43.5 Å². The minimum absolute atomic E-state index is 0.728. The maximum Gasteiger partial charge on any atom is -0.0190 e. The largest absolute Gasteiger partial charge is 0.106 e. The molecular formula is C14H22. The van der Waals surface area contributed by atoms with Gasteiger partial charge in [-0.1, -0.05) is 57.0 Å². The Hall–Kier alpha value is -1.04. The molecule has 0 heteroatoms. The first-order valence-electron chi connectivity index (χ1n) is 5.39. The summed E-state index contributed by atoms with van der Waals surface area (Å²) in [6.07, 6.45) is 3.97. The Bertz CT molecular complexity index is 213. The highest BCUT2D eigenvalue weighted by Gasteiger charge is 2.02. The van der Waals surface area contributed by atoms with E-state index in [0.29, 0.717) is 0 Å². The van der Waals surface area contributed by atoms with Crippen LogP contribution in [-0.4, -0.2) is 0 Å². The molecule has 0 saturated carbocycles. The number of unbranched alkanes of at least 4 members (excludes halogenated alkanes) is 1. The van der Waals surface area contributed by atoms with E-state index in [-0.39, 0.29) is 0 Å². The Morgan fingerprint density at radius 3 is 2.21 bits per heavy atom. The molecule has 0 N–H and O–H groups in total. The summed E-state index contributed by atoms with van der Waals surface area (Å²) in [5.74, 6) is 0.728. The van der Waals surface area contributed by atoms with Gasteiger partial charge in [-0.25, -0.2) is 0 Å². The fourth-order valence-electron chi connectivity index (χ4n) is 1.46. The second kappa shape index (κ2) is 8.55. The first kappa shape index (κ1) is 13.0. The molecule has 0 radical (unpaired) electrons. The van der Waals surface area contributed by atoms with Gasteiger partial charge in [0, 0.05) is 0 Å². The number of benzene rings is 1. The van der Waals surface area contributed by atoms with E-state index in [0.717, 1.165) is 5.92 Å². The van der Waals surface area contributed by atoms with Crippen LogP contribution in [0.25, 0.3) is 0 Å². The molecule has 0 aliphatic heterocycles. The average molecular weight is 190 g/mol. The second-order valence-corrected chi connectivity index (χ2v) is 3.45. The molecule has 1 aromatic rings. The van der Waals surface area contributed by atoms with Crippen LogP contribution >= 0.6 is 0 Å². The molecule has 1 unspecified atom stereocenters. The molecule has 0 aromatic heterocycles. The number of hydrogen-bond acceptors (Lipinski definition) is 0. The van der Waals surface area contributed by atoms with Crippen LogP contribution in [0.2, 0.25) is 0 Å². The zero-order valence-electron chi connectivity index (χ0n) is 9.50. The van der Waals surface area contributed by atoms with Gasteiger partial charge in [0.1, 0.15) is 0 Å². The van der Waals surface area contributed by atoms with Crippen LogP contribution in [0, 0.1) is 0 Å². The van der Waals surface area contributed by atoms with E-state index in [4.69, 9.17) is 0 Å². The fraction of sp³-hybridized carbons (Fsp3) is 0.429. The lowest BCUT2D eigenvalue weighted by atomic mass is 9.96. The predicted molar refractivity (Wildman–Crippen MR) is 65.6 cm³/mol. The minimum Gasteiger partial charge on any atom is -0.106 e. The normalized spacial score (nSPS) is 11.3. The molecule has 0 bridgehead atoms. The summed E-state index contributed by atoms with van der Waals surface area (Å²) >= 11 is 0. The first-order chi connectivity index (χ1) is 6.84. The predicted octanol–water partition coefficient (Wildman–Crippen LogP) is 4.78. The lowest BCUT2D eigenvalue weighted by Crippen LogP contribution is -1.92. The third kappa shape index (κ3) is 4.86. The molecule has 1 atom stereocenters. The smallest absolute Gasteiger partial charge is 0.0190 e. The van der Waals surface area contributed by atoms with Gasteiger partial charge in [0.05, 0.1) is 0 Å². The maximum absolute atomic E-state index is 3.00. The van der Waals surface area contributed by atoms with E-state index in [1.165, 1.54) is 24.8 Å². The van der Waals surface area contributed by atoms with E-state index >= 15 is 0 Å². The molecule has 0 heterocycles. The molecule has 0 fully saturated rings. The van der Waals surface area contributed by atoms with Crippen molar-refractivity contribution >= 4 is 0 Å².